The fraction of sp³-hybridized carbons (Fsp3) is 0.211. The van der Waals surface area contributed by atoms with Gasteiger partial charge in [0.15, 0.2) is 5.82 Å². The number of nitrogens with zero attached hydrogens (tertiary/aromatic N) is 4. The smallest absolute Gasteiger partial charge is 0.180 e. The summed E-state index contributed by atoms with van der Waals surface area (Å²) in [5.74, 6) is 1.38. The average Bonchev–Trinajstić information content (AvgIpc) is 3.09. The number of hydrogen-bond donors (Lipinski definition) is 1. The molecule has 0 saturated carbocycles. The van der Waals surface area contributed by atoms with Gasteiger partial charge in [-0.1, -0.05) is 29.8 Å². The summed E-state index contributed by atoms with van der Waals surface area (Å²) in [6.45, 7) is 1.36. The van der Waals surface area contributed by atoms with Gasteiger partial charge in [0.2, 0.25) is 0 Å². The monoisotopic (exact) mass is 352 g/mol. The van der Waals surface area contributed by atoms with Crippen molar-refractivity contribution in [1.82, 2.24) is 15.0 Å². The predicted molar refractivity (Wildman–Crippen MR) is 98.5 cm³/mol. The molecule has 3 aromatic rings. The first-order chi connectivity index (χ1) is 12.2. The third-order valence-corrected chi connectivity index (χ3v) is 4.49. The highest BCUT2D eigenvalue weighted by Crippen LogP contribution is 2.28. The number of rotatable bonds is 3. The normalized spacial score (nSPS) is 17.0. The van der Waals surface area contributed by atoms with Crippen LogP contribution in [0.25, 0.3) is 22.8 Å². The van der Waals surface area contributed by atoms with Gasteiger partial charge >= 0.3 is 0 Å². The van der Waals surface area contributed by atoms with Crippen molar-refractivity contribution in [3.8, 4) is 22.8 Å². The SMILES string of the molecule is OC1CCN(c2cc(-c3ccc(Cl)cc3)nc(-c3ccccn3)n2)C1. The van der Waals surface area contributed by atoms with E-state index in [1.807, 2.05) is 48.5 Å². The summed E-state index contributed by atoms with van der Waals surface area (Å²) in [5.41, 5.74) is 2.49. The fourth-order valence-corrected chi connectivity index (χ4v) is 3.05. The van der Waals surface area contributed by atoms with Crippen molar-refractivity contribution >= 4 is 17.4 Å². The number of hydrogen-bond acceptors (Lipinski definition) is 5. The molecule has 0 bridgehead atoms. The molecule has 1 aromatic carbocycles. The summed E-state index contributed by atoms with van der Waals surface area (Å²) in [5, 5.41) is 10.5. The molecule has 1 fully saturated rings. The van der Waals surface area contributed by atoms with Gasteiger partial charge in [-0.25, -0.2) is 9.97 Å². The quantitative estimate of drug-likeness (QED) is 0.782. The van der Waals surface area contributed by atoms with Crippen molar-refractivity contribution in [1.29, 1.82) is 0 Å². The third-order valence-electron chi connectivity index (χ3n) is 4.23. The zero-order valence-electron chi connectivity index (χ0n) is 13.5. The van der Waals surface area contributed by atoms with Crippen molar-refractivity contribution in [3.05, 3.63) is 59.8 Å². The third kappa shape index (κ3) is 3.48. The van der Waals surface area contributed by atoms with Crippen molar-refractivity contribution in [2.75, 3.05) is 18.0 Å². The highest BCUT2D eigenvalue weighted by atomic mass is 35.5. The molecule has 6 heteroatoms. The van der Waals surface area contributed by atoms with Gasteiger partial charge in [0.25, 0.3) is 0 Å². The van der Waals surface area contributed by atoms with E-state index in [1.54, 1.807) is 6.20 Å². The lowest BCUT2D eigenvalue weighted by Crippen LogP contribution is -2.22. The van der Waals surface area contributed by atoms with E-state index >= 15 is 0 Å². The van der Waals surface area contributed by atoms with Crippen LogP contribution in [0.2, 0.25) is 5.02 Å². The van der Waals surface area contributed by atoms with Crippen molar-refractivity contribution in [2.45, 2.75) is 12.5 Å². The van der Waals surface area contributed by atoms with Gasteiger partial charge in [-0.15, -0.1) is 0 Å². The molecule has 126 valence electrons. The van der Waals surface area contributed by atoms with Crippen LogP contribution in [-0.4, -0.2) is 39.3 Å². The van der Waals surface area contributed by atoms with Crippen LogP contribution in [0.1, 0.15) is 6.42 Å². The first kappa shape index (κ1) is 16.0. The number of aliphatic hydroxyl groups is 1. The Morgan fingerprint density at radius 3 is 2.56 bits per heavy atom. The predicted octanol–water partition coefficient (Wildman–Crippen LogP) is 3.43. The number of aromatic nitrogens is 3. The minimum absolute atomic E-state index is 0.313. The Bertz CT molecular complexity index is 870. The molecule has 25 heavy (non-hydrogen) atoms. The Balaban J connectivity index is 1.81. The average molecular weight is 353 g/mol. The lowest BCUT2D eigenvalue weighted by Gasteiger charge is -2.18. The Kier molecular flexibility index (Phi) is 4.34. The van der Waals surface area contributed by atoms with E-state index < -0.39 is 0 Å². The summed E-state index contributed by atoms with van der Waals surface area (Å²) < 4.78 is 0. The van der Waals surface area contributed by atoms with Gasteiger partial charge in [-0.3, -0.25) is 4.98 Å². The molecule has 1 aliphatic rings. The van der Waals surface area contributed by atoms with Crippen molar-refractivity contribution in [3.63, 3.8) is 0 Å². The highest BCUT2D eigenvalue weighted by molar-refractivity contribution is 6.30. The summed E-state index contributed by atoms with van der Waals surface area (Å²) in [6.07, 6.45) is 2.17. The first-order valence-corrected chi connectivity index (χ1v) is 8.56. The molecule has 0 aliphatic carbocycles. The second-order valence-corrected chi connectivity index (χ2v) is 6.48. The van der Waals surface area contributed by atoms with Gasteiger partial charge in [0, 0.05) is 35.9 Å². The maximum absolute atomic E-state index is 9.85. The molecule has 1 unspecified atom stereocenters. The van der Waals surface area contributed by atoms with Gasteiger partial charge in [0.05, 0.1) is 11.8 Å². The lowest BCUT2D eigenvalue weighted by atomic mass is 10.1. The molecular weight excluding hydrogens is 336 g/mol. The Morgan fingerprint density at radius 1 is 1.04 bits per heavy atom. The first-order valence-electron chi connectivity index (χ1n) is 8.18. The van der Waals surface area contributed by atoms with E-state index in [9.17, 15) is 5.11 Å². The standard InChI is InChI=1S/C19H17ClN4O/c20-14-6-4-13(5-7-14)17-11-18(24-10-8-15(25)12-24)23-19(22-17)16-3-1-2-9-21-16/h1-7,9,11,15,25H,8,10,12H2. The summed E-state index contributed by atoms with van der Waals surface area (Å²) in [6, 6.07) is 15.2. The minimum atomic E-state index is -0.313. The van der Waals surface area contributed by atoms with Crippen molar-refractivity contribution < 1.29 is 5.11 Å². The van der Waals surface area contributed by atoms with E-state index in [4.69, 9.17) is 11.6 Å². The van der Waals surface area contributed by atoms with Crippen LogP contribution < -0.4 is 4.90 Å². The summed E-state index contributed by atoms with van der Waals surface area (Å²) >= 11 is 6.00. The van der Waals surface area contributed by atoms with E-state index in [-0.39, 0.29) is 6.10 Å². The number of halogens is 1. The molecule has 1 saturated heterocycles. The van der Waals surface area contributed by atoms with Crippen LogP contribution in [0.15, 0.2) is 54.7 Å². The maximum Gasteiger partial charge on any atom is 0.180 e. The number of anilines is 1. The number of aliphatic hydroxyl groups excluding tert-OH is 1. The maximum atomic E-state index is 9.85. The van der Waals surface area contributed by atoms with E-state index in [2.05, 4.69) is 19.9 Å². The molecular formula is C19H17ClN4O. The van der Waals surface area contributed by atoms with Crippen molar-refractivity contribution in [2.24, 2.45) is 0 Å². The number of pyridine rings is 1. The molecule has 4 rings (SSSR count). The van der Waals surface area contributed by atoms with Crippen LogP contribution in [0.3, 0.4) is 0 Å². The van der Waals surface area contributed by atoms with Crippen LogP contribution in [0.4, 0.5) is 5.82 Å². The number of β-amino-alcohol motifs (C(OH)–C–C–N with tert-alkyl or cyclic N) is 1. The molecule has 0 spiro atoms. The summed E-state index contributed by atoms with van der Waals surface area (Å²) in [4.78, 5) is 15.8. The van der Waals surface area contributed by atoms with Crippen LogP contribution in [-0.2, 0) is 0 Å². The second kappa shape index (κ2) is 6.78. The molecule has 5 nitrogen and oxygen atoms in total. The Hall–Kier alpha value is -2.50. The second-order valence-electron chi connectivity index (χ2n) is 6.05. The lowest BCUT2D eigenvalue weighted by molar-refractivity contribution is 0.198. The minimum Gasteiger partial charge on any atom is -0.391 e. The molecule has 0 radical (unpaired) electrons. The van der Waals surface area contributed by atoms with Gasteiger partial charge in [0.1, 0.15) is 11.5 Å². The fourth-order valence-electron chi connectivity index (χ4n) is 2.92. The molecule has 1 atom stereocenters. The van der Waals surface area contributed by atoms with Crippen LogP contribution in [0.5, 0.6) is 0 Å². The summed E-state index contributed by atoms with van der Waals surface area (Å²) in [7, 11) is 0. The van der Waals surface area contributed by atoms with Gasteiger partial charge in [-0.05, 0) is 30.7 Å². The Labute approximate surface area is 151 Å². The largest absolute Gasteiger partial charge is 0.391 e. The molecule has 1 N–H and O–H groups in total. The van der Waals surface area contributed by atoms with E-state index in [1.165, 1.54) is 0 Å². The Morgan fingerprint density at radius 2 is 1.88 bits per heavy atom. The van der Waals surface area contributed by atoms with Crippen LogP contribution >= 0.6 is 11.6 Å². The van der Waals surface area contributed by atoms with Gasteiger partial charge in [-0.2, -0.15) is 0 Å². The van der Waals surface area contributed by atoms with Gasteiger partial charge < -0.3 is 10.0 Å². The molecule has 2 aromatic heterocycles. The topological polar surface area (TPSA) is 62.1 Å². The molecule has 1 aliphatic heterocycles. The number of benzene rings is 1. The zero-order chi connectivity index (χ0) is 17.2. The zero-order valence-corrected chi connectivity index (χ0v) is 14.3. The van der Waals surface area contributed by atoms with E-state index in [0.29, 0.717) is 17.4 Å². The molecule has 3 heterocycles. The molecule has 0 amide bonds. The highest BCUT2D eigenvalue weighted by Gasteiger charge is 2.23. The van der Waals surface area contributed by atoms with Crippen LogP contribution in [0, 0.1) is 0 Å². The van der Waals surface area contributed by atoms with E-state index in [0.717, 1.165) is 35.7 Å².